The number of hydrogen-bond donors (Lipinski definition) is 2. The van der Waals surface area contributed by atoms with E-state index in [4.69, 9.17) is 16.1 Å². The Kier molecular flexibility index (Phi) is 8.65. The predicted molar refractivity (Wildman–Crippen MR) is 128 cm³/mol. The Morgan fingerprint density at radius 1 is 1.23 bits per heavy atom. The molecule has 1 aromatic carbocycles. The second-order valence-corrected chi connectivity index (χ2v) is 8.06. The zero-order valence-corrected chi connectivity index (χ0v) is 20.5. The molecule has 3 rings (SSSR count). The maximum absolute atomic E-state index is 6.03. The molecule has 0 aliphatic carbocycles. The van der Waals surface area contributed by atoms with Gasteiger partial charge in [0.2, 0.25) is 5.89 Å². The van der Waals surface area contributed by atoms with E-state index in [9.17, 15) is 0 Å². The van der Waals surface area contributed by atoms with Crippen molar-refractivity contribution in [1.29, 1.82) is 0 Å². The summed E-state index contributed by atoms with van der Waals surface area (Å²) in [5.41, 5.74) is 0.912. The van der Waals surface area contributed by atoms with Crippen molar-refractivity contribution in [2.45, 2.75) is 38.8 Å². The number of hydrogen-bond acceptors (Lipinski definition) is 5. The summed E-state index contributed by atoms with van der Waals surface area (Å²) >= 11 is 6.03. The van der Waals surface area contributed by atoms with Crippen LogP contribution in [0.5, 0.6) is 0 Å². The smallest absolute Gasteiger partial charge is 0.232 e. The van der Waals surface area contributed by atoms with E-state index < -0.39 is 0 Å². The van der Waals surface area contributed by atoms with Gasteiger partial charge in [-0.05, 0) is 23.8 Å². The summed E-state index contributed by atoms with van der Waals surface area (Å²) < 4.78 is 7.23. The standard InChI is InChI=1S/C20H26ClN7O.HI/c1-20(2,3)18-26-17(27-29-18)13-24-19(22-4)23-12-16(28-11-5-10-25-28)14-6-8-15(21)9-7-14;/h5-11,16H,12-13H2,1-4H3,(H2,22,23,24);1H. The first-order valence-electron chi connectivity index (χ1n) is 9.39. The summed E-state index contributed by atoms with van der Waals surface area (Å²) in [6.45, 7) is 7.09. The van der Waals surface area contributed by atoms with Crippen LogP contribution in [0.15, 0.2) is 52.2 Å². The lowest BCUT2D eigenvalue weighted by molar-refractivity contribution is 0.318. The molecule has 0 fully saturated rings. The molecule has 30 heavy (non-hydrogen) atoms. The maximum Gasteiger partial charge on any atom is 0.232 e. The molecule has 2 heterocycles. The normalized spacial score (nSPS) is 12.9. The second-order valence-electron chi connectivity index (χ2n) is 7.63. The van der Waals surface area contributed by atoms with E-state index in [0.717, 1.165) is 5.56 Å². The average molecular weight is 544 g/mol. The molecule has 2 N–H and O–H groups in total. The lowest BCUT2D eigenvalue weighted by Crippen LogP contribution is -2.40. The highest BCUT2D eigenvalue weighted by Gasteiger charge is 2.21. The molecule has 1 unspecified atom stereocenters. The molecule has 10 heteroatoms. The van der Waals surface area contributed by atoms with Gasteiger partial charge in [-0.3, -0.25) is 9.67 Å². The van der Waals surface area contributed by atoms with Gasteiger partial charge in [-0.1, -0.05) is 49.7 Å². The van der Waals surface area contributed by atoms with Crippen LogP contribution in [0, 0.1) is 0 Å². The van der Waals surface area contributed by atoms with Gasteiger partial charge >= 0.3 is 0 Å². The van der Waals surface area contributed by atoms with Crippen LogP contribution >= 0.6 is 35.6 Å². The number of guanidine groups is 1. The molecule has 0 saturated carbocycles. The van der Waals surface area contributed by atoms with Crippen molar-refractivity contribution in [2.75, 3.05) is 13.6 Å². The summed E-state index contributed by atoms with van der Waals surface area (Å²) in [7, 11) is 1.72. The first kappa shape index (κ1) is 24.1. The molecular weight excluding hydrogens is 517 g/mol. The van der Waals surface area contributed by atoms with Crippen LogP contribution in [0.3, 0.4) is 0 Å². The Balaban J connectivity index is 0.00000320. The quantitative estimate of drug-likeness (QED) is 0.279. The van der Waals surface area contributed by atoms with E-state index in [1.807, 2.05) is 62.0 Å². The number of aliphatic imine (C=N–C) groups is 1. The molecule has 162 valence electrons. The molecule has 0 aliphatic heterocycles. The van der Waals surface area contributed by atoms with E-state index in [0.29, 0.717) is 35.8 Å². The Morgan fingerprint density at radius 3 is 2.53 bits per heavy atom. The van der Waals surface area contributed by atoms with Gasteiger partial charge in [-0.25, -0.2) is 0 Å². The van der Waals surface area contributed by atoms with Crippen molar-refractivity contribution in [3.05, 3.63) is 65.0 Å². The van der Waals surface area contributed by atoms with Crippen molar-refractivity contribution in [1.82, 2.24) is 30.6 Å². The summed E-state index contributed by atoms with van der Waals surface area (Å²) in [5, 5.41) is 15.7. The highest BCUT2D eigenvalue weighted by Crippen LogP contribution is 2.20. The molecule has 2 aromatic heterocycles. The van der Waals surface area contributed by atoms with Crippen molar-refractivity contribution < 1.29 is 4.52 Å². The van der Waals surface area contributed by atoms with E-state index >= 15 is 0 Å². The second kappa shape index (κ2) is 10.8. The third-order valence-electron chi connectivity index (χ3n) is 4.31. The van der Waals surface area contributed by atoms with E-state index in [2.05, 4.69) is 30.9 Å². The molecule has 8 nitrogen and oxygen atoms in total. The summed E-state index contributed by atoms with van der Waals surface area (Å²) in [5.74, 6) is 1.83. The van der Waals surface area contributed by atoms with Crippen LogP contribution in [0.4, 0.5) is 0 Å². The van der Waals surface area contributed by atoms with Crippen molar-refractivity contribution in [2.24, 2.45) is 4.99 Å². The topological polar surface area (TPSA) is 93.2 Å². The summed E-state index contributed by atoms with van der Waals surface area (Å²) in [6, 6.07) is 9.64. The van der Waals surface area contributed by atoms with Gasteiger partial charge in [0.15, 0.2) is 11.8 Å². The lowest BCUT2D eigenvalue weighted by Gasteiger charge is -2.20. The third-order valence-corrected chi connectivity index (χ3v) is 4.56. The summed E-state index contributed by atoms with van der Waals surface area (Å²) in [4.78, 5) is 8.71. The molecular formula is C20H27ClIN7O. The first-order chi connectivity index (χ1) is 13.9. The Hall–Kier alpha value is -2.14. The monoisotopic (exact) mass is 543 g/mol. The predicted octanol–water partition coefficient (Wildman–Crippen LogP) is 3.79. The van der Waals surface area contributed by atoms with Crippen LogP contribution < -0.4 is 10.6 Å². The number of benzene rings is 1. The fourth-order valence-corrected chi connectivity index (χ4v) is 2.85. The highest BCUT2D eigenvalue weighted by molar-refractivity contribution is 14.0. The zero-order valence-electron chi connectivity index (χ0n) is 17.5. The van der Waals surface area contributed by atoms with Gasteiger partial charge in [-0.15, -0.1) is 24.0 Å². The van der Waals surface area contributed by atoms with Crippen molar-refractivity contribution in [3.8, 4) is 0 Å². The number of nitrogens with zero attached hydrogens (tertiary/aromatic N) is 5. The Bertz CT molecular complexity index is 933. The molecule has 0 saturated heterocycles. The maximum atomic E-state index is 6.03. The van der Waals surface area contributed by atoms with Gasteiger partial charge in [-0.2, -0.15) is 10.1 Å². The van der Waals surface area contributed by atoms with Gasteiger partial charge < -0.3 is 15.2 Å². The molecule has 0 aliphatic rings. The molecule has 1 atom stereocenters. The van der Waals surface area contributed by atoms with Crippen LogP contribution in [0.25, 0.3) is 0 Å². The minimum atomic E-state index is -0.180. The van der Waals surface area contributed by atoms with E-state index in [1.54, 1.807) is 13.2 Å². The Morgan fingerprint density at radius 2 is 1.97 bits per heavy atom. The molecule has 0 radical (unpaired) electrons. The minimum absolute atomic E-state index is 0. The van der Waals surface area contributed by atoms with Gasteiger partial charge in [0.1, 0.15) is 0 Å². The minimum Gasteiger partial charge on any atom is -0.354 e. The molecule has 0 spiro atoms. The fourth-order valence-electron chi connectivity index (χ4n) is 2.72. The van der Waals surface area contributed by atoms with Gasteiger partial charge in [0, 0.05) is 36.4 Å². The lowest BCUT2D eigenvalue weighted by atomic mass is 9.97. The van der Waals surface area contributed by atoms with Crippen LogP contribution in [-0.4, -0.2) is 39.5 Å². The average Bonchev–Trinajstić information content (AvgIpc) is 3.37. The van der Waals surface area contributed by atoms with Crippen LogP contribution in [-0.2, 0) is 12.0 Å². The largest absolute Gasteiger partial charge is 0.354 e. The van der Waals surface area contributed by atoms with E-state index in [-0.39, 0.29) is 35.4 Å². The van der Waals surface area contributed by atoms with E-state index in [1.165, 1.54) is 0 Å². The first-order valence-corrected chi connectivity index (χ1v) is 9.77. The van der Waals surface area contributed by atoms with Crippen LogP contribution in [0.2, 0.25) is 5.02 Å². The number of rotatable bonds is 6. The van der Waals surface area contributed by atoms with Crippen molar-refractivity contribution >= 4 is 41.5 Å². The molecule has 0 amide bonds. The SMILES string of the molecule is CN=C(NCc1noc(C(C)(C)C)n1)NCC(c1ccc(Cl)cc1)n1cccn1.I. The van der Waals surface area contributed by atoms with Crippen LogP contribution in [0.1, 0.15) is 44.1 Å². The number of aromatic nitrogens is 4. The number of nitrogens with one attached hydrogen (secondary N) is 2. The van der Waals surface area contributed by atoms with Gasteiger partial charge in [0.05, 0.1) is 12.6 Å². The molecule has 3 aromatic rings. The zero-order chi connectivity index (χ0) is 20.9. The third kappa shape index (κ3) is 6.43. The molecule has 0 bridgehead atoms. The number of halogens is 2. The van der Waals surface area contributed by atoms with Crippen molar-refractivity contribution in [3.63, 3.8) is 0 Å². The Labute approximate surface area is 198 Å². The fraction of sp³-hybridized carbons (Fsp3) is 0.400. The van der Waals surface area contributed by atoms with Gasteiger partial charge in [0.25, 0.3) is 0 Å². The summed E-state index contributed by atoms with van der Waals surface area (Å²) in [6.07, 6.45) is 3.70. The highest BCUT2D eigenvalue weighted by atomic mass is 127.